The first kappa shape index (κ1) is 13.4. The minimum atomic E-state index is -0.493. The predicted octanol–water partition coefficient (Wildman–Crippen LogP) is 2.81. The highest BCUT2D eigenvalue weighted by molar-refractivity contribution is 5.29. The molecule has 100 valence electrons. The fraction of sp³-hybridized carbons (Fsp3) is 0.600. The Morgan fingerprint density at radius 2 is 2.00 bits per heavy atom. The normalized spacial score (nSPS) is 26.4. The molecule has 0 heterocycles. The Labute approximate surface area is 108 Å². The maximum atomic E-state index is 10.0. The second-order valence-corrected chi connectivity index (χ2v) is 5.11. The summed E-state index contributed by atoms with van der Waals surface area (Å²) in [7, 11) is 0. The van der Waals surface area contributed by atoms with E-state index >= 15 is 0 Å². The van der Waals surface area contributed by atoms with Gasteiger partial charge in [-0.05, 0) is 43.9 Å². The Hall–Kier alpha value is -1.06. The molecule has 0 radical (unpaired) electrons. The summed E-state index contributed by atoms with van der Waals surface area (Å²) in [6.07, 6.45) is 4.10. The van der Waals surface area contributed by atoms with Crippen molar-refractivity contribution in [3.63, 3.8) is 0 Å². The van der Waals surface area contributed by atoms with Gasteiger partial charge >= 0.3 is 0 Å². The van der Waals surface area contributed by atoms with Crippen molar-refractivity contribution in [2.24, 2.45) is 0 Å². The molecule has 2 rings (SSSR count). The van der Waals surface area contributed by atoms with Crippen LogP contribution in [0.15, 0.2) is 24.3 Å². The number of hydrogen-bond donors (Lipinski definition) is 2. The van der Waals surface area contributed by atoms with Crippen LogP contribution in [0.3, 0.4) is 0 Å². The minimum absolute atomic E-state index is 0.114. The Balaban J connectivity index is 2.05. The zero-order chi connectivity index (χ0) is 13.0. The molecule has 0 bridgehead atoms. The van der Waals surface area contributed by atoms with Gasteiger partial charge < -0.3 is 14.9 Å². The van der Waals surface area contributed by atoms with Crippen LogP contribution in [0.2, 0.25) is 0 Å². The van der Waals surface area contributed by atoms with E-state index in [1.165, 1.54) is 6.42 Å². The zero-order valence-electron chi connectivity index (χ0n) is 10.9. The first-order valence-corrected chi connectivity index (χ1v) is 6.79. The fourth-order valence-electron chi connectivity index (χ4n) is 2.41. The summed E-state index contributed by atoms with van der Waals surface area (Å²) >= 11 is 0. The molecule has 3 nitrogen and oxygen atoms in total. The number of hydrogen-bond acceptors (Lipinski definition) is 3. The van der Waals surface area contributed by atoms with Crippen molar-refractivity contribution in [3.8, 4) is 5.75 Å². The third kappa shape index (κ3) is 3.47. The number of ether oxygens (including phenoxy) is 1. The molecule has 1 aromatic rings. The highest BCUT2D eigenvalue weighted by atomic mass is 16.5. The van der Waals surface area contributed by atoms with Gasteiger partial charge in [0.05, 0.1) is 12.2 Å². The molecule has 1 aromatic carbocycles. The smallest absolute Gasteiger partial charge is 0.124 e. The van der Waals surface area contributed by atoms with Crippen LogP contribution in [0.5, 0.6) is 5.75 Å². The average molecular weight is 250 g/mol. The Morgan fingerprint density at radius 3 is 2.78 bits per heavy atom. The third-order valence-electron chi connectivity index (χ3n) is 3.55. The first-order valence-electron chi connectivity index (χ1n) is 6.79. The summed E-state index contributed by atoms with van der Waals surface area (Å²) in [5.74, 6) is 0.736. The topological polar surface area (TPSA) is 49.7 Å². The Bertz CT molecular complexity index is 376. The molecule has 2 N–H and O–H groups in total. The van der Waals surface area contributed by atoms with Crippen molar-refractivity contribution in [2.75, 3.05) is 0 Å². The molecule has 0 spiro atoms. The number of aliphatic hydroxyl groups is 2. The lowest BCUT2D eigenvalue weighted by Crippen LogP contribution is -2.30. The molecule has 1 aliphatic carbocycles. The SMILES string of the molecule is C[C@@H](O)c1cccc(OC2CCCCCC2O)c1. The van der Waals surface area contributed by atoms with Gasteiger partial charge in [0.25, 0.3) is 0 Å². The van der Waals surface area contributed by atoms with Gasteiger partial charge in [-0.25, -0.2) is 0 Å². The molecule has 1 aliphatic rings. The number of aliphatic hydroxyl groups excluding tert-OH is 2. The van der Waals surface area contributed by atoms with Crippen LogP contribution in [0, 0.1) is 0 Å². The van der Waals surface area contributed by atoms with Gasteiger partial charge in [-0.2, -0.15) is 0 Å². The van der Waals surface area contributed by atoms with Gasteiger partial charge in [0.1, 0.15) is 11.9 Å². The van der Waals surface area contributed by atoms with Crippen LogP contribution >= 0.6 is 0 Å². The second-order valence-electron chi connectivity index (χ2n) is 5.11. The average Bonchev–Trinajstić information content (AvgIpc) is 2.55. The summed E-state index contributed by atoms with van der Waals surface area (Å²) < 4.78 is 5.88. The molecule has 1 saturated carbocycles. The number of rotatable bonds is 3. The molecule has 0 saturated heterocycles. The van der Waals surface area contributed by atoms with E-state index in [2.05, 4.69) is 0 Å². The standard InChI is InChI=1S/C15H22O3/c1-11(16)12-6-5-7-13(10-12)18-15-9-4-2-3-8-14(15)17/h5-7,10-11,14-17H,2-4,8-9H2,1H3/t11-,14?,15?/m1/s1. The summed E-state index contributed by atoms with van der Waals surface area (Å²) in [5, 5.41) is 19.6. The summed E-state index contributed by atoms with van der Waals surface area (Å²) in [4.78, 5) is 0. The van der Waals surface area contributed by atoms with E-state index in [0.717, 1.165) is 37.0 Å². The molecule has 3 atom stereocenters. The van der Waals surface area contributed by atoms with Gasteiger partial charge in [-0.1, -0.05) is 25.0 Å². The van der Waals surface area contributed by atoms with Crippen molar-refractivity contribution in [2.45, 2.75) is 57.3 Å². The maximum Gasteiger partial charge on any atom is 0.124 e. The van der Waals surface area contributed by atoms with Crippen molar-refractivity contribution >= 4 is 0 Å². The molecule has 1 fully saturated rings. The van der Waals surface area contributed by atoms with Gasteiger partial charge in [0.2, 0.25) is 0 Å². The van der Waals surface area contributed by atoms with Crippen LogP contribution in [-0.2, 0) is 0 Å². The zero-order valence-corrected chi connectivity index (χ0v) is 10.9. The van der Waals surface area contributed by atoms with Crippen LogP contribution in [0.25, 0.3) is 0 Å². The van der Waals surface area contributed by atoms with E-state index in [-0.39, 0.29) is 12.2 Å². The van der Waals surface area contributed by atoms with E-state index in [1.807, 2.05) is 24.3 Å². The van der Waals surface area contributed by atoms with Crippen LogP contribution < -0.4 is 4.74 Å². The van der Waals surface area contributed by atoms with E-state index in [0.29, 0.717) is 0 Å². The molecular weight excluding hydrogens is 228 g/mol. The van der Waals surface area contributed by atoms with Gasteiger partial charge in [-0.15, -0.1) is 0 Å². The highest BCUT2D eigenvalue weighted by Crippen LogP contribution is 2.25. The maximum absolute atomic E-state index is 10.0. The van der Waals surface area contributed by atoms with Gasteiger partial charge in [0, 0.05) is 0 Å². The predicted molar refractivity (Wildman–Crippen MR) is 70.6 cm³/mol. The lowest BCUT2D eigenvalue weighted by atomic mass is 10.1. The number of benzene rings is 1. The lowest BCUT2D eigenvalue weighted by Gasteiger charge is -2.22. The molecule has 0 aliphatic heterocycles. The van der Waals surface area contributed by atoms with Gasteiger partial charge in [-0.3, -0.25) is 0 Å². The minimum Gasteiger partial charge on any atom is -0.488 e. The molecule has 3 heteroatoms. The summed E-state index contributed by atoms with van der Waals surface area (Å²) in [6.45, 7) is 1.74. The molecule has 0 amide bonds. The molecule has 0 aromatic heterocycles. The lowest BCUT2D eigenvalue weighted by molar-refractivity contribution is 0.0318. The highest BCUT2D eigenvalue weighted by Gasteiger charge is 2.23. The van der Waals surface area contributed by atoms with Crippen molar-refractivity contribution in [1.82, 2.24) is 0 Å². The molecule has 2 unspecified atom stereocenters. The summed E-state index contributed by atoms with van der Waals surface area (Å²) in [5.41, 5.74) is 0.843. The Kier molecular flexibility index (Phi) is 4.61. The molecule has 18 heavy (non-hydrogen) atoms. The van der Waals surface area contributed by atoms with E-state index < -0.39 is 6.10 Å². The first-order chi connectivity index (χ1) is 8.66. The summed E-state index contributed by atoms with van der Waals surface area (Å²) in [6, 6.07) is 7.48. The third-order valence-corrected chi connectivity index (χ3v) is 3.55. The van der Waals surface area contributed by atoms with Crippen LogP contribution in [0.4, 0.5) is 0 Å². The van der Waals surface area contributed by atoms with E-state index in [4.69, 9.17) is 4.74 Å². The second kappa shape index (κ2) is 6.21. The van der Waals surface area contributed by atoms with Crippen LogP contribution in [0.1, 0.15) is 50.7 Å². The van der Waals surface area contributed by atoms with Crippen molar-refractivity contribution in [3.05, 3.63) is 29.8 Å². The molecular formula is C15H22O3. The quantitative estimate of drug-likeness (QED) is 0.811. The fourth-order valence-corrected chi connectivity index (χ4v) is 2.41. The Morgan fingerprint density at radius 1 is 1.22 bits per heavy atom. The van der Waals surface area contributed by atoms with E-state index in [9.17, 15) is 10.2 Å². The van der Waals surface area contributed by atoms with Crippen LogP contribution in [-0.4, -0.2) is 22.4 Å². The van der Waals surface area contributed by atoms with Crippen molar-refractivity contribution in [1.29, 1.82) is 0 Å². The van der Waals surface area contributed by atoms with Crippen molar-refractivity contribution < 1.29 is 14.9 Å². The monoisotopic (exact) mass is 250 g/mol. The largest absolute Gasteiger partial charge is 0.488 e. The van der Waals surface area contributed by atoms with E-state index in [1.54, 1.807) is 6.92 Å². The van der Waals surface area contributed by atoms with Gasteiger partial charge in [0.15, 0.2) is 0 Å².